The maximum Gasteiger partial charge on any atom is 0.354 e. The Morgan fingerprint density at radius 1 is 1.67 bits per heavy atom. The van der Waals surface area contributed by atoms with Gasteiger partial charge in [0.25, 0.3) is 0 Å². The Hall–Kier alpha value is -1.68. The van der Waals surface area contributed by atoms with E-state index in [1.54, 1.807) is 12.1 Å². The van der Waals surface area contributed by atoms with Gasteiger partial charge < -0.3 is 9.84 Å². The highest BCUT2D eigenvalue weighted by Gasteiger charge is 2.09. The van der Waals surface area contributed by atoms with E-state index in [2.05, 4.69) is 4.98 Å². The molecule has 0 radical (unpaired) electrons. The molecule has 1 aromatic rings. The number of aromatic carboxylic acids is 1. The minimum atomic E-state index is -1.03. The van der Waals surface area contributed by atoms with Gasteiger partial charge in [-0.15, -0.1) is 0 Å². The summed E-state index contributed by atoms with van der Waals surface area (Å²) in [6.45, 7) is 2.64. The normalized spacial score (nSPS) is 10.7. The molecule has 1 N–H and O–H groups in total. The summed E-state index contributed by atoms with van der Waals surface area (Å²) in [4.78, 5) is 14.6. The number of pyridine rings is 1. The molecule has 0 aliphatic heterocycles. The summed E-state index contributed by atoms with van der Waals surface area (Å²) in [6.07, 6.45) is 5.19. The van der Waals surface area contributed by atoms with Crippen molar-refractivity contribution < 1.29 is 14.6 Å². The summed E-state index contributed by atoms with van der Waals surface area (Å²) in [5.41, 5.74) is 0.646. The molecule has 0 saturated heterocycles. The molecule has 0 aliphatic rings. The number of hydrogen-bond acceptors (Lipinski definition) is 3. The number of aromatic nitrogens is 1. The fourth-order valence-corrected chi connectivity index (χ4v) is 1.08. The first-order valence-corrected chi connectivity index (χ1v) is 4.61. The second kappa shape index (κ2) is 5.93. The van der Waals surface area contributed by atoms with Gasteiger partial charge in [0, 0.05) is 11.8 Å². The molecule has 4 nitrogen and oxygen atoms in total. The van der Waals surface area contributed by atoms with Crippen LogP contribution in [0, 0.1) is 0 Å². The first kappa shape index (κ1) is 11.4. The first-order valence-electron chi connectivity index (χ1n) is 4.61. The van der Waals surface area contributed by atoms with Gasteiger partial charge in [-0.3, -0.25) is 0 Å². The van der Waals surface area contributed by atoms with Crippen LogP contribution in [-0.2, 0) is 11.3 Å². The van der Waals surface area contributed by atoms with Crippen LogP contribution in [0.2, 0.25) is 0 Å². The molecule has 0 bridgehead atoms. The van der Waals surface area contributed by atoms with Gasteiger partial charge in [0.2, 0.25) is 0 Å². The molecule has 80 valence electrons. The van der Waals surface area contributed by atoms with Crippen molar-refractivity contribution in [3.05, 3.63) is 41.7 Å². The number of carboxylic acid groups (broad SMARTS) is 1. The lowest BCUT2D eigenvalue weighted by molar-refractivity contribution is 0.0683. The van der Waals surface area contributed by atoms with Crippen LogP contribution in [0.25, 0.3) is 0 Å². The van der Waals surface area contributed by atoms with Gasteiger partial charge in [0.15, 0.2) is 5.69 Å². The number of carbonyl (C=O) groups is 1. The van der Waals surface area contributed by atoms with Crippen molar-refractivity contribution in [3.8, 4) is 0 Å². The maximum atomic E-state index is 10.8. The van der Waals surface area contributed by atoms with Gasteiger partial charge >= 0.3 is 5.97 Å². The monoisotopic (exact) mass is 207 g/mol. The molecule has 1 heterocycles. The fourth-order valence-electron chi connectivity index (χ4n) is 1.08. The average Bonchev–Trinajstić information content (AvgIpc) is 2.25. The third-order valence-corrected chi connectivity index (χ3v) is 1.80. The zero-order chi connectivity index (χ0) is 11.1. The molecule has 0 unspecified atom stereocenters. The van der Waals surface area contributed by atoms with E-state index in [4.69, 9.17) is 9.84 Å². The number of nitrogens with zero attached hydrogens (tertiary/aromatic N) is 1. The van der Waals surface area contributed by atoms with Gasteiger partial charge in [0.05, 0.1) is 13.2 Å². The van der Waals surface area contributed by atoms with E-state index in [0.717, 1.165) is 0 Å². The summed E-state index contributed by atoms with van der Waals surface area (Å²) >= 11 is 0. The van der Waals surface area contributed by atoms with Crippen molar-refractivity contribution in [2.75, 3.05) is 6.61 Å². The third kappa shape index (κ3) is 3.52. The molecule has 0 fully saturated rings. The molecule has 0 spiro atoms. The van der Waals surface area contributed by atoms with E-state index in [1.807, 2.05) is 19.1 Å². The quantitative estimate of drug-likeness (QED) is 0.591. The Morgan fingerprint density at radius 2 is 2.47 bits per heavy atom. The predicted molar refractivity (Wildman–Crippen MR) is 55.7 cm³/mol. The van der Waals surface area contributed by atoms with Crippen molar-refractivity contribution >= 4 is 5.97 Å². The minimum Gasteiger partial charge on any atom is -0.477 e. The SMILES string of the molecule is CC=CCOCc1cccnc1C(=O)O. The van der Waals surface area contributed by atoms with Crippen molar-refractivity contribution in [3.63, 3.8) is 0 Å². The molecule has 0 saturated carbocycles. The minimum absolute atomic E-state index is 0.0537. The van der Waals surface area contributed by atoms with Crippen molar-refractivity contribution in [2.45, 2.75) is 13.5 Å². The molecule has 0 atom stereocenters. The van der Waals surface area contributed by atoms with E-state index in [0.29, 0.717) is 12.2 Å². The van der Waals surface area contributed by atoms with Crippen LogP contribution in [0.1, 0.15) is 23.0 Å². The highest BCUT2D eigenvalue weighted by Crippen LogP contribution is 2.06. The Balaban J connectivity index is 2.63. The lowest BCUT2D eigenvalue weighted by Crippen LogP contribution is -2.06. The van der Waals surface area contributed by atoms with Gasteiger partial charge in [-0.2, -0.15) is 0 Å². The average molecular weight is 207 g/mol. The van der Waals surface area contributed by atoms with Crippen LogP contribution in [-0.4, -0.2) is 22.7 Å². The van der Waals surface area contributed by atoms with Crippen LogP contribution >= 0.6 is 0 Å². The highest BCUT2D eigenvalue weighted by atomic mass is 16.5. The molecule has 4 heteroatoms. The second-order valence-corrected chi connectivity index (χ2v) is 2.90. The largest absolute Gasteiger partial charge is 0.477 e. The lowest BCUT2D eigenvalue weighted by atomic mass is 10.2. The van der Waals surface area contributed by atoms with Gasteiger partial charge in [-0.25, -0.2) is 9.78 Å². The van der Waals surface area contributed by atoms with E-state index in [9.17, 15) is 4.79 Å². The standard InChI is InChI=1S/C11H13NO3/c1-2-3-7-15-8-9-5-4-6-12-10(9)11(13)14/h2-6H,7-8H2,1H3,(H,13,14). The molecule has 0 aliphatic carbocycles. The van der Waals surface area contributed by atoms with Gasteiger partial charge in [-0.1, -0.05) is 18.2 Å². The summed E-state index contributed by atoms with van der Waals surface area (Å²) in [5.74, 6) is -1.03. The number of allylic oxidation sites excluding steroid dienone is 1. The van der Waals surface area contributed by atoms with Crippen LogP contribution in [0.3, 0.4) is 0 Å². The summed E-state index contributed by atoms with van der Waals surface area (Å²) in [7, 11) is 0. The number of carboxylic acids is 1. The molecule has 1 aromatic heterocycles. The van der Waals surface area contributed by atoms with E-state index >= 15 is 0 Å². The predicted octanol–water partition coefficient (Wildman–Crippen LogP) is 1.87. The van der Waals surface area contributed by atoms with Crippen LogP contribution in [0.4, 0.5) is 0 Å². The summed E-state index contributed by atoms with van der Waals surface area (Å²) in [5, 5.41) is 8.84. The first-order chi connectivity index (χ1) is 7.25. The Bertz CT molecular complexity index is 361. The zero-order valence-corrected chi connectivity index (χ0v) is 8.51. The van der Waals surface area contributed by atoms with Crippen molar-refractivity contribution in [1.29, 1.82) is 0 Å². The van der Waals surface area contributed by atoms with Crippen molar-refractivity contribution in [1.82, 2.24) is 4.98 Å². The fraction of sp³-hybridized carbons (Fsp3) is 0.273. The van der Waals surface area contributed by atoms with E-state index < -0.39 is 5.97 Å². The molecule has 0 amide bonds. The topological polar surface area (TPSA) is 59.4 Å². The number of hydrogen-bond donors (Lipinski definition) is 1. The number of ether oxygens (including phenoxy) is 1. The maximum absolute atomic E-state index is 10.8. The molecular weight excluding hydrogens is 194 g/mol. The highest BCUT2D eigenvalue weighted by molar-refractivity contribution is 5.86. The second-order valence-electron chi connectivity index (χ2n) is 2.90. The van der Waals surface area contributed by atoms with Gasteiger partial charge in [-0.05, 0) is 13.0 Å². The van der Waals surface area contributed by atoms with Crippen LogP contribution < -0.4 is 0 Å². The smallest absolute Gasteiger partial charge is 0.354 e. The Morgan fingerprint density at radius 3 is 3.13 bits per heavy atom. The molecule has 15 heavy (non-hydrogen) atoms. The van der Waals surface area contributed by atoms with Crippen molar-refractivity contribution in [2.24, 2.45) is 0 Å². The zero-order valence-electron chi connectivity index (χ0n) is 8.51. The van der Waals surface area contributed by atoms with E-state index in [-0.39, 0.29) is 12.3 Å². The Kier molecular flexibility index (Phi) is 4.50. The Labute approximate surface area is 88.2 Å². The van der Waals surface area contributed by atoms with Crippen LogP contribution in [0.5, 0.6) is 0 Å². The third-order valence-electron chi connectivity index (χ3n) is 1.80. The van der Waals surface area contributed by atoms with E-state index in [1.165, 1.54) is 6.20 Å². The molecule has 0 aromatic carbocycles. The summed E-state index contributed by atoms with van der Waals surface area (Å²) < 4.78 is 5.26. The lowest BCUT2D eigenvalue weighted by Gasteiger charge is -2.04. The summed E-state index contributed by atoms with van der Waals surface area (Å²) in [6, 6.07) is 3.40. The van der Waals surface area contributed by atoms with Gasteiger partial charge in [0.1, 0.15) is 0 Å². The molecule has 1 rings (SSSR count). The number of rotatable bonds is 5. The van der Waals surface area contributed by atoms with Crippen LogP contribution in [0.15, 0.2) is 30.5 Å². The molecular formula is C11H13NO3.